The quantitative estimate of drug-likeness (QED) is 0.814. The molecular weight excluding hydrogens is 311 g/mol. The molecule has 1 unspecified atom stereocenters. The zero-order valence-electron chi connectivity index (χ0n) is 8.91. The summed E-state index contributed by atoms with van der Waals surface area (Å²) < 4.78 is 36.2. The molecule has 1 aliphatic heterocycles. The van der Waals surface area contributed by atoms with Crippen molar-refractivity contribution in [3.8, 4) is 0 Å². The van der Waals surface area contributed by atoms with Crippen LogP contribution in [0.5, 0.6) is 0 Å². The SMILES string of the molecule is Nc1cc(Br)c(F)cc1NC1CCS(=O)(=O)C1. The summed E-state index contributed by atoms with van der Waals surface area (Å²) in [5, 5.41) is 2.97. The molecular formula is C10H12BrFN2O2S. The van der Waals surface area contributed by atoms with Gasteiger partial charge in [0.2, 0.25) is 0 Å². The molecule has 7 heteroatoms. The summed E-state index contributed by atoms with van der Waals surface area (Å²) in [5.41, 5.74) is 6.56. The van der Waals surface area contributed by atoms with E-state index in [0.717, 1.165) is 0 Å². The average molecular weight is 323 g/mol. The Kier molecular flexibility index (Phi) is 3.31. The molecule has 0 saturated carbocycles. The van der Waals surface area contributed by atoms with E-state index >= 15 is 0 Å². The molecule has 1 aliphatic rings. The van der Waals surface area contributed by atoms with Crippen LogP contribution >= 0.6 is 15.9 Å². The molecule has 0 amide bonds. The summed E-state index contributed by atoms with van der Waals surface area (Å²) in [4.78, 5) is 0. The third-order valence-corrected chi connectivity index (χ3v) is 5.06. The Morgan fingerprint density at radius 2 is 2.18 bits per heavy atom. The highest BCUT2D eigenvalue weighted by atomic mass is 79.9. The Bertz CT molecular complexity index is 547. The van der Waals surface area contributed by atoms with Crippen molar-refractivity contribution in [2.75, 3.05) is 22.6 Å². The second kappa shape index (κ2) is 4.45. The van der Waals surface area contributed by atoms with E-state index in [4.69, 9.17) is 5.73 Å². The van der Waals surface area contributed by atoms with E-state index in [2.05, 4.69) is 21.2 Å². The Hall–Kier alpha value is -0.820. The minimum atomic E-state index is -2.95. The third-order valence-electron chi connectivity index (χ3n) is 2.68. The van der Waals surface area contributed by atoms with Gasteiger partial charge in [0.1, 0.15) is 5.82 Å². The van der Waals surface area contributed by atoms with Gasteiger partial charge >= 0.3 is 0 Å². The highest BCUT2D eigenvalue weighted by Crippen LogP contribution is 2.28. The molecule has 0 aromatic heterocycles. The lowest BCUT2D eigenvalue weighted by atomic mass is 10.2. The Morgan fingerprint density at radius 1 is 1.47 bits per heavy atom. The van der Waals surface area contributed by atoms with Crippen molar-refractivity contribution < 1.29 is 12.8 Å². The normalized spacial score (nSPS) is 22.6. The molecule has 0 radical (unpaired) electrons. The average Bonchev–Trinajstić information content (AvgIpc) is 2.54. The number of benzene rings is 1. The second-order valence-corrected chi connectivity index (χ2v) is 7.18. The van der Waals surface area contributed by atoms with Gasteiger partial charge in [-0.1, -0.05) is 0 Å². The fraction of sp³-hybridized carbons (Fsp3) is 0.400. The predicted molar refractivity (Wildman–Crippen MR) is 69.2 cm³/mol. The van der Waals surface area contributed by atoms with Gasteiger partial charge in [0.15, 0.2) is 9.84 Å². The molecule has 1 atom stereocenters. The van der Waals surface area contributed by atoms with Crippen LogP contribution in [0.4, 0.5) is 15.8 Å². The first-order chi connectivity index (χ1) is 7.87. The second-order valence-electron chi connectivity index (χ2n) is 4.10. The molecule has 0 spiro atoms. The summed E-state index contributed by atoms with van der Waals surface area (Å²) >= 11 is 3.03. The van der Waals surface area contributed by atoms with Gasteiger partial charge in [-0.2, -0.15) is 0 Å². The molecule has 1 aromatic carbocycles. The first-order valence-corrected chi connectivity index (χ1v) is 7.70. The van der Waals surface area contributed by atoms with Crippen molar-refractivity contribution in [1.82, 2.24) is 0 Å². The number of nitrogen functional groups attached to an aromatic ring is 1. The van der Waals surface area contributed by atoms with Crippen LogP contribution in [0.1, 0.15) is 6.42 Å². The molecule has 1 fully saturated rings. The summed E-state index contributed by atoms with van der Waals surface area (Å²) in [7, 11) is -2.95. The molecule has 17 heavy (non-hydrogen) atoms. The fourth-order valence-corrected chi connectivity index (χ4v) is 3.85. The van der Waals surface area contributed by atoms with E-state index in [1.54, 1.807) is 0 Å². The lowest BCUT2D eigenvalue weighted by Gasteiger charge is -2.15. The van der Waals surface area contributed by atoms with Crippen LogP contribution in [0.25, 0.3) is 0 Å². The number of nitrogens with two attached hydrogens (primary N) is 1. The van der Waals surface area contributed by atoms with Crippen molar-refractivity contribution in [3.63, 3.8) is 0 Å². The van der Waals surface area contributed by atoms with Crippen molar-refractivity contribution >= 4 is 37.1 Å². The van der Waals surface area contributed by atoms with Gasteiger partial charge < -0.3 is 11.1 Å². The summed E-state index contributed by atoms with van der Waals surface area (Å²) in [6, 6.07) is 2.54. The molecule has 3 N–H and O–H groups in total. The number of rotatable bonds is 2. The first kappa shape index (κ1) is 12.6. The third kappa shape index (κ3) is 2.90. The van der Waals surface area contributed by atoms with Crippen molar-refractivity contribution in [2.24, 2.45) is 0 Å². The monoisotopic (exact) mass is 322 g/mol. The van der Waals surface area contributed by atoms with E-state index in [1.807, 2.05) is 0 Å². The van der Waals surface area contributed by atoms with Gasteiger partial charge in [0, 0.05) is 12.1 Å². The molecule has 1 saturated heterocycles. The molecule has 1 heterocycles. The molecule has 2 rings (SSSR count). The van der Waals surface area contributed by atoms with Gasteiger partial charge in [0.05, 0.1) is 27.4 Å². The number of hydrogen-bond donors (Lipinski definition) is 2. The minimum Gasteiger partial charge on any atom is -0.397 e. The predicted octanol–water partition coefficient (Wildman–Crippen LogP) is 1.77. The van der Waals surface area contributed by atoms with Crippen molar-refractivity contribution in [3.05, 3.63) is 22.4 Å². The Morgan fingerprint density at radius 3 is 2.76 bits per heavy atom. The first-order valence-electron chi connectivity index (χ1n) is 5.09. The topological polar surface area (TPSA) is 72.2 Å². The van der Waals surface area contributed by atoms with Gasteiger partial charge in [-0.3, -0.25) is 0 Å². The molecule has 0 aliphatic carbocycles. The van der Waals surface area contributed by atoms with Crippen molar-refractivity contribution in [2.45, 2.75) is 12.5 Å². The minimum absolute atomic E-state index is 0.0735. The smallest absolute Gasteiger partial charge is 0.152 e. The summed E-state index contributed by atoms with van der Waals surface area (Å²) in [5.74, 6) is -0.184. The number of nitrogens with one attached hydrogen (secondary N) is 1. The highest BCUT2D eigenvalue weighted by Gasteiger charge is 2.28. The number of anilines is 2. The molecule has 94 valence electrons. The maximum Gasteiger partial charge on any atom is 0.152 e. The lowest BCUT2D eigenvalue weighted by Crippen LogP contribution is -2.21. The van der Waals surface area contributed by atoms with Crippen LogP contribution in [-0.2, 0) is 9.84 Å². The van der Waals surface area contributed by atoms with E-state index < -0.39 is 15.7 Å². The van der Waals surface area contributed by atoms with Crippen LogP contribution in [0.2, 0.25) is 0 Å². The molecule has 4 nitrogen and oxygen atoms in total. The lowest BCUT2D eigenvalue weighted by molar-refractivity contribution is 0.602. The van der Waals surface area contributed by atoms with E-state index in [0.29, 0.717) is 22.3 Å². The van der Waals surface area contributed by atoms with Crippen LogP contribution < -0.4 is 11.1 Å². The molecule has 0 bridgehead atoms. The van der Waals surface area contributed by atoms with Crippen LogP contribution in [0, 0.1) is 5.82 Å². The zero-order valence-corrected chi connectivity index (χ0v) is 11.3. The fourth-order valence-electron chi connectivity index (χ4n) is 1.82. The number of hydrogen-bond acceptors (Lipinski definition) is 4. The highest BCUT2D eigenvalue weighted by molar-refractivity contribution is 9.10. The van der Waals surface area contributed by atoms with Gasteiger partial charge in [-0.05, 0) is 28.4 Å². The summed E-state index contributed by atoms with van der Waals surface area (Å²) in [6.07, 6.45) is 0.527. The Balaban J connectivity index is 2.17. The van der Waals surface area contributed by atoms with Crippen molar-refractivity contribution in [1.29, 1.82) is 0 Å². The number of halogens is 2. The maximum absolute atomic E-state index is 13.3. The van der Waals surface area contributed by atoms with E-state index in [9.17, 15) is 12.8 Å². The van der Waals surface area contributed by atoms with Crippen LogP contribution in [0.3, 0.4) is 0 Å². The summed E-state index contributed by atoms with van der Waals surface area (Å²) in [6.45, 7) is 0. The zero-order chi connectivity index (χ0) is 12.6. The van der Waals surface area contributed by atoms with Crippen LogP contribution in [-0.4, -0.2) is 26.0 Å². The number of sulfone groups is 1. The maximum atomic E-state index is 13.3. The molecule has 1 aromatic rings. The standard InChI is InChI=1S/C10H12BrFN2O2S/c11-7-3-9(13)10(4-8(7)12)14-6-1-2-17(15,16)5-6/h3-4,6,14H,1-2,5,13H2. The Labute approximate surface area is 107 Å². The largest absolute Gasteiger partial charge is 0.397 e. The van der Waals surface area contributed by atoms with Gasteiger partial charge in [-0.25, -0.2) is 12.8 Å². The van der Waals surface area contributed by atoms with E-state index in [-0.39, 0.29) is 17.5 Å². The van der Waals surface area contributed by atoms with Crippen LogP contribution in [0.15, 0.2) is 16.6 Å². The van der Waals surface area contributed by atoms with Gasteiger partial charge in [0.25, 0.3) is 0 Å². The van der Waals surface area contributed by atoms with E-state index in [1.165, 1.54) is 12.1 Å². The van der Waals surface area contributed by atoms with Gasteiger partial charge in [-0.15, -0.1) is 0 Å².